The second-order valence-corrected chi connectivity index (χ2v) is 11.7. The van der Waals surface area contributed by atoms with Crippen LogP contribution in [0.25, 0.3) is 11.1 Å². The number of carbonyl (C=O) groups is 1. The summed E-state index contributed by atoms with van der Waals surface area (Å²) in [7, 11) is 1.49. The van der Waals surface area contributed by atoms with Crippen molar-refractivity contribution in [2.45, 2.75) is 64.1 Å². The van der Waals surface area contributed by atoms with E-state index in [0.717, 1.165) is 47.9 Å². The minimum Gasteiger partial charge on any atom is -0.508 e. The molecule has 0 aliphatic heterocycles. The molecule has 3 aliphatic carbocycles. The Morgan fingerprint density at radius 1 is 1.08 bits per heavy atom. The minimum absolute atomic E-state index is 0.00674. The number of benzene rings is 2. The summed E-state index contributed by atoms with van der Waals surface area (Å²) in [5.41, 5.74) is 2.10. The lowest BCUT2D eigenvalue weighted by Gasteiger charge is -2.53. The highest BCUT2D eigenvalue weighted by Crippen LogP contribution is 2.76. The maximum atomic E-state index is 14.4. The third kappa shape index (κ3) is 3.73. The Morgan fingerprint density at radius 3 is 2.41 bits per heavy atom. The summed E-state index contributed by atoms with van der Waals surface area (Å²) in [4.78, 5) is 14.4. The third-order valence-corrected chi connectivity index (χ3v) is 10.2. The van der Waals surface area contributed by atoms with Crippen molar-refractivity contribution in [3.63, 3.8) is 0 Å². The lowest BCUT2D eigenvalue weighted by molar-refractivity contribution is -0.259. The summed E-state index contributed by atoms with van der Waals surface area (Å²) in [6, 6.07) is 15.2. The van der Waals surface area contributed by atoms with Gasteiger partial charge in [-0.05, 0) is 66.3 Å². The number of phenolic OH excluding ortho intramolecular Hbond substituents is 1. The summed E-state index contributed by atoms with van der Waals surface area (Å²) in [5.74, 6) is -1.87. The van der Waals surface area contributed by atoms with E-state index >= 15 is 0 Å². The average molecular weight is 505 g/mol. The van der Waals surface area contributed by atoms with Crippen molar-refractivity contribution >= 4 is 5.78 Å². The maximum Gasteiger partial charge on any atom is 0.185 e. The Hall–Kier alpha value is -2.47. The molecule has 0 radical (unpaired) electrons. The van der Waals surface area contributed by atoms with Crippen LogP contribution in [0.1, 0.15) is 57.4 Å². The number of hydrogen-bond acceptors (Lipinski definition) is 5. The van der Waals surface area contributed by atoms with Gasteiger partial charge in [0.25, 0.3) is 0 Å². The zero-order valence-electron chi connectivity index (χ0n) is 22.1. The van der Waals surface area contributed by atoms with Crippen LogP contribution in [-0.2, 0) is 16.0 Å². The Balaban J connectivity index is 1.48. The van der Waals surface area contributed by atoms with Crippen LogP contribution in [0, 0.1) is 28.6 Å². The van der Waals surface area contributed by atoms with E-state index in [0.29, 0.717) is 12.8 Å². The van der Waals surface area contributed by atoms with Gasteiger partial charge in [-0.2, -0.15) is 0 Å². The van der Waals surface area contributed by atoms with Gasteiger partial charge in [-0.15, -0.1) is 0 Å². The standard InChI is InChI=1S/C32H40O5/c1-21-29-25(20-33)19-31(32(29,36)37-3,30(21,2)26-12-5-4-6-13-26)28(35)16-15-22-9-7-10-23(17-22)24-11-8-14-27(34)18-24/h7-11,14,17-18,25-26,29,33-34,36H,1,4-6,12-13,15-16,19-20H2,2-3H3/t25-,29-,30-,31-,32-/m1/s1. The number of hydrogen-bond donors (Lipinski definition) is 3. The maximum absolute atomic E-state index is 14.4. The number of Topliss-reactive ketones (excluding diaryl/α,β-unsaturated/α-hetero) is 1. The number of aliphatic hydroxyl groups excluding tert-OH is 1. The number of aliphatic hydroxyl groups is 2. The van der Waals surface area contributed by atoms with Gasteiger partial charge in [0.2, 0.25) is 0 Å². The van der Waals surface area contributed by atoms with Crippen LogP contribution in [0.5, 0.6) is 5.75 Å². The first-order valence-electron chi connectivity index (χ1n) is 13.7. The quantitative estimate of drug-likeness (QED) is 0.319. The molecule has 5 atom stereocenters. The topological polar surface area (TPSA) is 87.0 Å². The van der Waals surface area contributed by atoms with Crippen LogP contribution < -0.4 is 0 Å². The van der Waals surface area contributed by atoms with E-state index in [9.17, 15) is 20.1 Å². The number of carbonyl (C=O) groups excluding carboxylic acids is 1. The second-order valence-electron chi connectivity index (χ2n) is 11.7. The van der Waals surface area contributed by atoms with Crippen LogP contribution in [0.4, 0.5) is 0 Å². The molecule has 5 rings (SSSR count). The van der Waals surface area contributed by atoms with Crippen molar-refractivity contribution in [3.8, 4) is 16.9 Å². The fourth-order valence-corrected chi connectivity index (χ4v) is 8.37. The molecule has 2 aromatic carbocycles. The lowest BCUT2D eigenvalue weighted by atomic mass is 9.50. The Bertz CT molecular complexity index is 1180. The monoisotopic (exact) mass is 504 g/mol. The molecule has 0 spiro atoms. The van der Waals surface area contributed by atoms with Crippen molar-refractivity contribution < 1.29 is 24.9 Å². The second kappa shape index (κ2) is 9.68. The van der Waals surface area contributed by atoms with Crippen molar-refractivity contribution in [3.05, 3.63) is 66.2 Å². The van der Waals surface area contributed by atoms with Gasteiger partial charge in [0.1, 0.15) is 11.5 Å². The SMILES string of the molecule is C=C1[C@@H]2[C@@H](CO)C[C@@](C(=O)CCc3cccc(-c4cccc(O)c4)c3)([C@@]1(C)C1CCCCC1)[C@]2(O)OC. The van der Waals surface area contributed by atoms with Crippen LogP contribution in [-0.4, -0.2) is 40.6 Å². The molecule has 2 aromatic rings. The van der Waals surface area contributed by atoms with Gasteiger partial charge in [-0.1, -0.05) is 74.7 Å². The number of aryl methyl sites for hydroxylation is 1. The smallest absolute Gasteiger partial charge is 0.185 e. The van der Waals surface area contributed by atoms with Gasteiger partial charge in [0, 0.05) is 31.5 Å². The molecule has 5 heteroatoms. The Kier molecular flexibility index (Phi) is 6.84. The molecule has 37 heavy (non-hydrogen) atoms. The van der Waals surface area contributed by atoms with Gasteiger partial charge in [0.15, 0.2) is 5.79 Å². The van der Waals surface area contributed by atoms with Gasteiger partial charge in [0.05, 0.1) is 5.41 Å². The molecular weight excluding hydrogens is 464 g/mol. The Labute approximate surface area is 220 Å². The fraction of sp³-hybridized carbons (Fsp3) is 0.531. The van der Waals surface area contributed by atoms with Crippen molar-refractivity contribution in [1.82, 2.24) is 0 Å². The highest BCUT2D eigenvalue weighted by Gasteiger charge is 2.81. The molecule has 3 aliphatic rings. The molecule has 3 saturated carbocycles. The predicted molar refractivity (Wildman–Crippen MR) is 144 cm³/mol. The predicted octanol–water partition coefficient (Wildman–Crippen LogP) is 5.67. The normalized spacial score (nSPS) is 33.7. The minimum atomic E-state index is -1.66. The van der Waals surface area contributed by atoms with Crippen molar-refractivity contribution in [2.24, 2.45) is 28.6 Å². The van der Waals surface area contributed by atoms with E-state index in [2.05, 4.69) is 19.6 Å². The fourth-order valence-electron chi connectivity index (χ4n) is 8.37. The molecule has 0 aromatic heterocycles. The van der Waals surface area contributed by atoms with E-state index in [4.69, 9.17) is 4.74 Å². The zero-order valence-corrected chi connectivity index (χ0v) is 22.1. The number of aromatic hydroxyl groups is 1. The van der Waals surface area contributed by atoms with Gasteiger partial charge >= 0.3 is 0 Å². The van der Waals surface area contributed by atoms with E-state index in [1.165, 1.54) is 13.5 Å². The molecular formula is C32H40O5. The summed E-state index contributed by atoms with van der Waals surface area (Å²) in [6.45, 7) is 6.52. The molecule has 0 heterocycles. The molecule has 0 saturated heterocycles. The van der Waals surface area contributed by atoms with Crippen LogP contribution in [0.15, 0.2) is 60.7 Å². The van der Waals surface area contributed by atoms with Gasteiger partial charge < -0.3 is 20.1 Å². The summed E-state index contributed by atoms with van der Waals surface area (Å²) >= 11 is 0. The van der Waals surface area contributed by atoms with Gasteiger partial charge in [-0.3, -0.25) is 4.79 Å². The van der Waals surface area contributed by atoms with Crippen LogP contribution >= 0.6 is 0 Å². The van der Waals surface area contributed by atoms with Gasteiger partial charge in [-0.25, -0.2) is 0 Å². The number of methoxy groups -OCH3 is 1. The number of rotatable bonds is 8. The summed E-state index contributed by atoms with van der Waals surface area (Å²) in [5, 5.41) is 32.3. The van der Waals surface area contributed by atoms with Crippen LogP contribution in [0.3, 0.4) is 0 Å². The first-order valence-corrected chi connectivity index (χ1v) is 13.7. The number of ether oxygens (including phenoxy) is 1. The van der Waals surface area contributed by atoms with Crippen LogP contribution in [0.2, 0.25) is 0 Å². The first-order chi connectivity index (χ1) is 17.7. The highest BCUT2D eigenvalue weighted by atomic mass is 16.6. The molecule has 3 fully saturated rings. The van der Waals surface area contributed by atoms with E-state index < -0.39 is 22.5 Å². The molecule has 2 bridgehead atoms. The summed E-state index contributed by atoms with van der Waals surface area (Å²) < 4.78 is 5.88. The number of ketones is 1. The summed E-state index contributed by atoms with van der Waals surface area (Å²) in [6.07, 6.45) is 6.72. The number of phenols is 1. The highest BCUT2D eigenvalue weighted by molar-refractivity contribution is 5.90. The van der Waals surface area contributed by atoms with E-state index in [1.54, 1.807) is 12.1 Å². The zero-order chi connectivity index (χ0) is 26.4. The molecule has 198 valence electrons. The molecule has 5 nitrogen and oxygen atoms in total. The number of fused-ring (bicyclic) bond motifs is 2. The molecule has 0 amide bonds. The first kappa shape index (κ1) is 26.1. The average Bonchev–Trinajstić information content (AvgIpc) is 3.28. The third-order valence-electron chi connectivity index (χ3n) is 10.2. The van der Waals surface area contributed by atoms with Crippen molar-refractivity contribution in [1.29, 1.82) is 0 Å². The Morgan fingerprint density at radius 2 is 1.76 bits per heavy atom. The molecule has 3 N–H and O–H groups in total. The lowest BCUT2D eigenvalue weighted by Crippen LogP contribution is -2.58. The van der Waals surface area contributed by atoms with E-state index in [-0.39, 0.29) is 36.4 Å². The molecule has 0 unspecified atom stereocenters. The largest absolute Gasteiger partial charge is 0.508 e. The van der Waals surface area contributed by atoms with Crippen molar-refractivity contribution in [2.75, 3.05) is 13.7 Å². The van der Waals surface area contributed by atoms with E-state index in [1.807, 2.05) is 30.3 Å².